The van der Waals surface area contributed by atoms with Gasteiger partial charge in [-0.1, -0.05) is 18.2 Å². The third kappa shape index (κ3) is 4.90. The minimum absolute atomic E-state index is 0.243. The van der Waals surface area contributed by atoms with Crippen molar-refractivity contribution in [3.63, 3.8) is 0 Å². The maximum Gasteiger partial charge on any atom is 0.123 e. The molecule has 1 unspecified atom stereocenters. The third-order valence-corrected chi connectivity index (χ3v) is 3.18. The first kappa shape index (κ1) is 15.6. The van der Waals surface area contributed by atoms with E-state index in [1.807, 2.05) is 42.3 Å². The highest BCUT2D eigenvalue weighted by atomic mass is 16.5. The van der Waals surface area contributed by atoms with Crippen LogP contribution in [-0.4, -0.2) is 36.3 Å². The van der Waals surface area contributed by atoms with Gasteiger partial charge in [-0.2, -0.15) is 0 Å². The average Bonchev–Trinajstić information content (AvgIpc) is 2.98. The summed E-state index contributed by atoms with van der Waals surface area (Å²) in [6, 6.07) is 9.52. The number of hydrogen-bond donors (Lipinski definition) is 2. The van der Waals surface area contributed by atoms with Crippen LogP contribution in [0.4, 0.5) is 0 Å². The van der Waals surface area contributed by atoms with Crippen molar-refractivity contribution in [2.24, 2.45) is 5.73 Å². The van der Waals surface area contributed by atoms with Gasteiger partial charge in [-0.05, 0) is 19.2 Å². The Balaban J connectivity index is 1.77. The predicted molar refractivity (Wildman–Crippen MR) is 80.9 cm³/mol. The largest absolute Gasteiger partial charge is 0.491 e. The van der Waals surface area contributed by atoms with Crippen LogP contribution in [-0.2, 0) is 13.1 Å². The summed E-state index contributed by atoms with van der Waals surface area (Å²) in [6.45, 7) is 1.92. The number of benzene rings is 1. The Labute approximate surface area is 124 Å². The molecule has 21 heavy (non-hydrogen) atoms. The number of nitrogens with zero attached hydrogens (tertiary/aromatic N) is 1. The molecular formula is C16H22N2O3. The monoisotopic (exact) mass is 290 g/mol. The van der Waals surface area contributed by atoms with E-state index in [-0.39, 0.29) is 6.61 Å². The van der Waals surface area contributed by atoms with Crippen molar-refractivity contribution >= 4 is 0 Å². The van der Waals surface area contributed by atoms with E-state index in [4.69, 9.17) is 14.9 Å². The molecule has 1 aromatic carbocycles. The molecule has 1 atom stereocenters. The van der Waals surface area contributed by atoms with Gasteiger partial charge in [-0.3, -0.25) is 4.90 Å². The van der Waals surface area contributed by atoms with E-state index in [0.29, 0.717) is 13.1 Å². The van der Waals surface area contributed by atoms with Crippen LogP contribution in [0.5, 0.6) is 5.75 Å². The van der Waals surface area contributed by atoms with Gasteiger partial charge in [0, 0.05) is 30.8 Å². The van der Waals surface area contributed by atoms with Gasteiger partial charge >= 0.3 is 0 Å². The summed E-state index contributed by atoms with van der Waals surface area (Å²) < 4.78 is 10.7. The third-order valence-electron chi connectivity index (χ3n) is 3.18. The summed E-state index contributed by atoms with van der Waals surface area (Å²) in [5, 5.41) is 10.1. The Bertz CT molecular complexity index is 528. The number of nitrogens with two attached hydrogens (primary N) is 1. The van der Waals surface area contributed by atoms with Crippen LogP contribution >= 0.6 is 0 Å². The first-order valence-corrected chi connectivity index (χ1v) is 6.97. The van der Waals surface area contributed by atoms with Crippen LogP contribution in [0.15, 0.2) is 47.3 Å². The van der Waals surface area contributed by atoms with Gasteiger partial charge in [0.1, 0.15) is 18.5 Å². The summed E-state index contributed by atoms with van der Waals surface area (Å²) >= 11 is 0. The molecule has 0 saturated carbocycles. The van der Waals surface area contributed by atoms with Gasteiger partial charge in [-0.15, -0.1) is 0 Å². The molecule has 0 spiro atoms. The quantitative estimate of drug-likeness (QED) is 0.773. The van der Waals surface area contributed by atoms with Crippen molar-refractivity contribution < 1.29 is 14.3 Å². The van der Waals surface area contributed by atoms with E-state index < -0.39 is 6.10 Å². The molecule has 0 aliphatic rings. The maximum atomic E-state index is 10.1. The number of rotatable bonds is 8. The van der Waals surface area contributed by atoms with E-state index in [2.05, 4.69) is 0 Å². The standard InChI is InChI=1S/C16H22N2O3/c1-18(9-13-6-7-20-11-13)10-15(19)12-21-16-5-3-2-4-14(16)8-17/h2-7,11,15,19H,8-10,12,17H2,1H3. The maximum absolute atomic E-state index is 10.1. The lowest BCUT2D eigenvalue weighted by Gasteiger charge is -2.20. The first-order chi connectivity index (χ1) is 10.2. The van der Waals surface area contributed by atoms with E-state index in [0.717, 1.165) is 23.4 Å². The Morgan fingerprint density at radius 3 is 2.86 bits per heavy atom. The summed E-state index contributed by atoms with van der Waals surface area (Å²) in [4.78, 5) is 2.02. The second-order valence-electron chi connectivity index (χ2n) is 5.11. The van der Waals surface area contributed by atoms with Crippen molar-refractivity contribution in [3.05, 3.63) is 54.0 Å². The smallest absolute Gasteiger partial charge is 0.123 e. The summed E-state index contributed by atoms with van der Waals surface area (Å²) in [6.07, 6.45) is 2.79. The molecule has 114 valence electrons. The summed E-state index contributed by atoms with van der Waals surface area (Å²) in [5.74, 6) is 0.733. The Morgan fingerprint density at radius 2 is 2.14 bits per heavy atom. The number of hydrogen-bond acceptors (Lipinski definition) is 5. The molecule has 0 fully saturated rings. The molecule has 0 amide bonds. The molecule has 2 aromatic rings. The van der Waals surface area contributed by atoms with Crippen LogP contribution in [0, 0.1) is 0 Å². The molecule has 5 nitrogen and oxygen atoms in total. The lowest BCUT2D eigenvalue weighted by atomic mass is 10.2. The molecule has 3 N–H and O–H groups in total. The van der Waals surface area contributed by atoms with Crippen molar-refractivity contribution in [1.29, 1.82) is 0 Å². The lowest BCUT2D eigenvalue weighted by molar-refractivity contribution is 0.0740. The molecule has 2 rings (SSSR count). The lowest BCUT2D eigenvalue weighted by Crippen LogP contribution is -2.32. The fraction of sp³-hybridized carbons (Fsp3) is 0.375. The number of aliphatic hydroxyl groups excluding tert-OH is 1. The molecule has 0 bridgehead atoms. The fourth-order valence-corrected chi connectivity index (χ4v) is 2.17. The van der Waals surface area contributed by atoms with Crippen LogP contribution in [0.1, 0.15) is 11.1 Å². The van der Waals surface area contributed by atoms with Gasteiger partial charge in [-0.25, -0.2) is 0 Å². The summed E-state index contributed by atoms with van der Waals surface area (Å²) in [7, 11) is 1.95. The zero-order valence-corrected chi connectivity index (χ0v) is 12.2. The SMILES string of the molecule is CN(Cc1ccoc1)CC(O)COc1ccccc1CN. The van der Waals surface area contributed by atoms with Crippen LogP contribution in [0.3, 0.4) is 0 Å². The first-order valence-electron chi connectivity index (χ1n) is 6.97. The number of ether oxygens (including phenoxy) is 1. The second kappa shape index (κ2) is 7.83. The Morgan fingerprint density at radius 1 is 1.33 bits per heavy atom. The van der Waals surface area contributed by atoms with E-state index in [9.17, 15) is 5.11 Å². The normalized spacial score (nSPS) is 12.6. The van der Waals surface area contributed by atoms with Gasteiger partial charge in [0.2, 0.25) is 0 Å². The van der Waals surface area contributed by atoms with Crippen molar-refractivity contribution in [2.45, 2.75) is 19.2 Å². The fourth-order valence-electron chi connectivity index (χ4n) is 2.17. The molecule has 5 heteroatoms. The Hall–Kier alpha value is -1.82. The highest BCUT2D eigenvalue weighted by Gasteiger charge is 2.11. The highest BCUT2D eigenvalue weighted by molar-refractivity contribution is 5.32. The minimum atomic E-state index is -0.562. The van der Waals surface area contributed by atoms with Crippen molar-refractivity contribution in [1.82, 2.24) is 4.90 Å². The number of likely N-dealkylation sites (N-methyl/N-ethyl adjacent to an activating group) is 1. The topological polar surface area (TPSA) is 71.9 Å². The zero-order valence-electron chi connectivity index (χ0n) is 12.2. The minimum Gasteiger partial charge on any atom is -0.491 e. The van der Waals surface area contributed by atoms with Crippen LogP contribution in [0.25, 0.3) is 0 Å². The van der Waals surface area contributed by atoms with Gasteiger partial charge in [0.25, 0.3) is 0 Å². The van der Waals surface area contributed by atoms with E-state index in [1.54, 1.807) is 12.5 Å². The predicted octanol–water partition coefficient (Wildman–Crippen LogP) is 1.61. The molecule has 1 aromatic heterocycles. The summed E-state index contributed by atoms with van der Waals surface area (Å²) in [5.41, 5.74) is 7.68. The van der Waals surface area contributed by atoms with Gasteiger partial charge < -0.3 is 20.0 Å². The molecule has 0 radical (unpaired) electrons. The van der Waals surface area contributed by atoms with Crippen molar-refractivity contribution in [2.75, 3.05) is 20.2 Å². The second-order valence-corrected chi connectivity index (χ2v) is 5.11. The molecule has 0 aliphatic heterocycles. The number of para-hydroxylation sites is 1. The number of furan rings is 1. The average molecular weight is 290 g/mol. The number of aliphatic hydroxyl groups is 1. The molecular weight excluding hydrogens is 268 g/mol. The molecule has 1 heterocycles. The molecule has 0 saturated heterocycles. The van der Waals surface area contributed by atoms with E-state index in [1.165, 1.54) is 0 Å². The van der Waals surface area contributed by atoms with Crippen LogP contribution in [0.2, 0.25) is 0 Å². The highest BCUT2D eigenvalue weighted by Crippen LogP contribution is 2.17. The van der Waals surface area contributed by atoms with E-state index >= 15 is 0 Å². The Kier molecular flexibility index (Phi) is 5.80. The zero-order chi connectivity index (χ0) is 15.1. The van der Waals surface area contributed by atoms with Crippen LogP contribution < -0.4 is 10.5 Å². The van der Waals surface area contributed by atoms with Gasteiger partial charge in [0.15, 0.2) is 0 Å². The van der Waals surface area contributed by atoms with Crippen molar-refractivity contribution in [3.8, 4) is 5.75 Å². The molecule has 0 aliphatic carbocycles. The van der Waals surface area contributed by atoms with Gasteiger partial charge in [0.05, 0.1) is 12.5 Å².